The van der Waals surface area contributed by atoms with Gasteiger partial charge in [-0.2, -0.15) is 0 Å². The molecule has 0 aliphatic carbocycles. The minimum atomic E-state index is 0.358. The minimum Gasteiger partial charge on any atom is -0.497 e. The fourth-order valence-electron chi connectivity index (χ4n) is 2.67. The van der Waals surface area contributed by atoms with Crippen LogP contribution in [0.1, 0.15) is 25.3 Å². The molecule has 2 unspecified atom stereocenters. The van der Waals surface area contributed by atoms with Gasteiger partial charge in [-0.3, -0.25) is 4.90 Å². The molecule has 0 spiro atoms. The summed E-state index contributed by atoms with van der Waals surface area (Å²) in [5.41, 5.74) is 7.40. The molecule has 1 aromatic rings. The van der Waals surface area contributed by atoms with E-state index in [4.69, 9.17) is 10.5 Å². The van der Waals surface area contributed by atoms with Gasteiger partial charge in [0.25, 0.3) is 0 Å². The molecule has 0 radical (unpaired) electrons. The second-order valence-electron chi connectivity index (χ2n) is 5.30. The second-order valence-corrected chi connectivity index (χ2v) is 5.30. The third kappa shape index (κ3) is 3.47. The summed E-state index contributed by atoms with van der Waals surface area (Å²) in [7, 11) is 1.70. The van der Waals surface area contributed by atoms with E-state index in [0.29, 0.717) is 12.1 Å². The molecule has 1 heterocycles. The highest BCUT2D eigenvalue weighted by molar-refractivity contribution is 5.27. The Morgan fingerprint density at radius 1 is 1.39 bits per heavy atom. The van der Waals surface area contributed by atoms with Crippen molar-refractivity contribution in [3.8, 4) is 5.75 Å². The Labute approximate surface area is 110 Å². The molecule has 2 N–H and O–H groups in total. The molecule has 0 aromatic heterocycles. The highest BCUT2D eigenvalue weighted by atomic mass is 16.5. The average molecular weight is 248 g/mol. The van der Waals surface area contributed by atoms with Crippen molar-refractivity contribution < 1.29 is 4.74 Å². The molecule has 2 rings (SSSR count). The third-order valence-electron chi connectivity index (χ3n) is 3.80. The van der Waals surface area contributed by atoms with E-state index in [1.807, 2.05) is 12.1 Å². The minimum absolute atomic E-state index is 0.358. The number of nitrogens with zero attached hydrogens (tertiary/aromatic N) is 1. The van der Waals surface area contributed by atoms with E-state index in [9.17, 15) is 0 Å². The molecule has 0 amide bonds. The zero-order chi connectivity index (χ0) is 13.0. The van der Waals surface area contributed by atoms with Gasteiger partial charge in [0.15, 0.2) is 0 Å². The molecule has 1 aliphatic heterocycles. The summed E-state index contributed by atoms with van der Waals surface area (Å²) in [6.07, 6.45) is 3.48. The SMILES string of the molecule is COc1ccc(CC(C)N2CCCC(N)C2)cc1. The van der Waals surface area contributed by atoms with E-state index >= 15 is 0 Å². The first-order valence-corrected chi connectivity index (χ1v) is 6.81. The zero-order valence-corrected chi connectivity index (χ0v) is 11.4. The summed E-state index contributed by atoms with van der Waals surface area (Å²) in [4.78, 5) is 2.51. The van der Waals surface area contributed by atoms with Crippen LogP contribution in [0.15, 0.2) is 24.3 Å². The maximum absolute atomic E-state index is 6.04. The lowest BCUT2D eigenvalue weighted by atomic mass is 10.0. The molecular weight excluding hydrogens is 224 g/mol. The number of piperidine rings is 1. The lowest BCUT2D eigenvalue weighted by Gasteiger charge is -2.35. The van der Waals surface area contributed by atoms with Crippen molar-refractivity contribution in [2.75, 3.05) is 20.2 Å². The normalized spacial score (nSPS) is 22.7. The van der Waals surface area contributed by atoms with Crippen molar-refractivity contribution in [3.05, 3.63) is 29.8 Å². The Morgan fingerprint density at radius 3 is 2.72 bits per heavy atom. The Morgan fingerprint density at radius 2 is 2.11 bits per heavy atom. The topological polar surface area (TPSA) is 38.5 Å². The first-order chi connectivity index (χ1) is 8.69. The van der Waals surface area contributed by atoms with E-state index in [1.54, 1.807) is 7.11 Å². The first-order valence-electron chi connectivity index (χ1n) is 6.81. The van der Waals surface area contributed by atoms with Crippen LogP contribution in [0, 0.1) is 0 Å². The van der Waals surface area contributed by atoms with Crippen molar-refractivity contribution in [1.82, 2.24) is 4.90 Å². The summed E-state index contributed by atoms with van der Waals surface area (Å²) >= 11 is 0. The summed E-state index contributed by atoms with van der Waals surface area (Å²) in [6, 6.07) is 9.29. The van der Waals surface area contributed by atoms with Gasteiger partial charge in [0.2, 0.25) is 0 Å². The molecule has 2 atom stereocenters. The Hall–Kier alpha value is -1.06. The van der Waals surface area contributed by atoms with Crippen LogP contribution in [0.5, 0.6) is 5.75 Å². The standard InChI is InChI=1S/C15H24N2O/c1-12(17-9-3-4-14(16)11-17)10-13-5-7-15(18-2)8-6-13/h5-8,12,14H,3-4,9-11,16H2,1-2H3. The fraction of sp³-hybridized carbons (Fsp3) is 0.600. The first kappa shape index (κ1) is 13.4. The predicted octanol–water partition coefficient (Wildman–Crippen LogP) is 2.05. The summed E-state index contributed by atoms with van der Waals surface area (Å²) in [5.74, 6) is 0.923. The Bertz CT molecular complexity index is 363. The predicted molar refractivity (Wildman–Crippen MR) is 74.9 cm³/mol. The van der Waals surface area contributed by atoms with Gasteiger partial charge in [0.1, 0.15) is 5.75 Å². The monoisotopic (exact) mass is 248 g/mol. The van der Waals surface area contributed by atoms with E-state index < -0.39 is 0 Å². The average Bonchev–Trinajstić information content (AvgIpc) is 2.39. The van der Waals surface area contributed by atoms with Crippen LogP contribution in [0.3, 0.4) is 0 Å². The summed E-state index contributed by atoms with van der Waals surface area (Å²) < 4.78 is 5.18. The summed E-state index contributed by atoms with van der Waals surface area (Å²) in [6.45, 7) is 4.52. The number of hydrogen-bond donors (Lipinski definition) is 1. The molecule has 1 aromatic carbocycles. The van der Waals surface area contributed by atoms with Crippen LogP contribution in [0.4, 0.5) is 0 Å². The second kappa shape index (κ2) is 6.21. The lowest BCUT2D eigenvalue weighted by Crippen LogP contribution is -2.47. The van der Waals surface area contributed by atoms with Crippen LogP contribution >= 0.6 is 0 Å². The molecule has 0 bridgehead atoms. The summed E-state index contributed by atoms with van der Waals surface area (Å²) in [5, 5.41) is 0. The van der Waals surface area contributed by atoms with Gasteiger partial charge < -0.3 is 10.5 Å². The highest BCUT2D eigenvalue weighted by Crippen LogP contribution is 2.17. The number of ether oxygens (including phenoxy) is 1. The van der Waals surface area contributed by atoms with Crippen molar-refractivity contribution in [3.63, 3.8) is 0 Å². The van der Waals surface area contributed by atoms with Gasteiger partial charge in [0.05, 0.1) is 7.11 Å². The van der Waals surface area contributed by atoms with Gasteiger partial charge in [-0.05, 0) is 50.4 Å². The maximum atomic E-state index is 6.04. The number of nitrogens with two attached hydrogens (primary N) is 1. The Balaban J connectivity index is 1.91. The van der Waals surface area contributed by atoms with E-state index in [2.05, 4.69) is 24.0 Å². The number of rotatable bonds is 4. The molecule has 3 heteroatoms. The molecule has 1 fully saturated rings. The molecule has 0 saturated carbocycles. The van der Waals surface area contributed by atoms with E-state index in [-0.39, 0.29) is 0 Å². The van der Waals surface area contributed by atoms with E-state index in [0.717, 1.165) is 18.7 Å². The van der Waals surface area contributed by atoms with E-state index in [1.165, 1.54) is 24.9 Å². The van der Waals surface area contributed by atoms with Crippen molar-refractivity contribution in [1.29, 1.82) is 0 Å². The van der Waals surface area contributed by atoms with Crippen molar-refractivity contribution in [2.24, 2.45) is 5.73 Å². The molecule has 1 saturated heterocycles. The van der Waals surface area contributed by atoms with Gasteiger partial charge >= 0.3 is 0 Å². The van der Waals surface area contributed by atoms with Gasteiger partial charge in [-0.25, -0.2) is 0 Å². The highest BCUT2D eigenvalue weighted by Gasteiger charge is 2.21. The van der Waals surface area contributed by atoms with Crippen LogP contribution < -0.4 is 10.5 Å². The number of benzene rings is 1. The van der Waals surface area contributed by atoms with Gasteiger partial charge in [-0.1, -0.05) is 12.1 Å². The largest absolute Gasteiger partial charge is 0.497 e. The molecule has 100 valence electrons. The van der Waals surface area contributed by atoms with Gasteiger partial charge in [0, 0.05) is 18.6 Å². The van der Waals surface area contributed by atoms with Crippen molar-refractivity contribution in [2.45, 2.75) is 38.3 Å². The quantitative estimate of drug-likeness (QED) is 0.886. The molecule has 18 heavy (non-hydrogen) atoms. The lowest BCUT2D eigenvalue weighted by molar-refractivity contribution is 0.158. The van der Waals surface area contributed by atoms with Crippen LogP contribution in [-0.2, 0) is 6.42 Å². The maximum Gasteiger partial charge on any atom is 0.118 e. The van der Waals surface area contributed by atoms with Crippen LogP contribution in [-0.4, -0.2) is 37.2 Å². The number of hydrogen-bond acceptors (Lipinski definition) is 3. The number of likely N-dealkylation sites (tertiary alicyclic amines) is 1. The fourth-order valence-corrected chi connectivity index (χ4v) is 2.67. The van der Waals surface area contributed by atoms with Crippen molar-refractivity contribution >= 4 is 0 Å². The molecule has 1 aliphatic rings. The molecule has 3 nitrogen and oxygen atoms in total. The van der Waals surface area contributed by atoms with Gasteiger partial charge in [-0.15, -0.1) is 0 Å². The number of methoxy groups -OCH3 is 1. The van der Waals surface area contributed by atoms with Crippen LogP contribution in [0.2, 0.25) is 0 Å². The Kier molecular flexibility index (Phi) is 4.61. The molecular formula is C15H24N2O. The smallest absolute Gasteiger partial charge is 0.118 e. The zero-order valence-electron chi connectivity index (χ0n) is 11.4. The van der Waals surface area contributed by atoms with Crippen LogP contribution in [0.25, 0.3) is 0 Å². The third-order valence-corrected chi connectivity index (χ3v) is 3.80.